The number of carbonyl (C=O) groups is 1. The number of hydrogen-bond donors (Lipinski definition) is 0. The molecule has 0 unspecified atom stereocenters. The van der Waals surface area contributed by atoms with Crippen LogP contribution in [0.4, 0.5) is 0 Å². The van der Waals surface area contributed by atoms with Crippen molar-refractivity contribution in [2.75, 3.05) is 13.2 Å². The molecular formula is C8H16O5. The molecule has 0 spiro atoms. The van der Waals surface area contributed by atoms with Crippen molar-refractivity contribution in [1.29, 1.82) is 0 Å². The first-order valence-electron chi connectivity index (χ1n) is 4.08. The van der Waals surface area contributed by atoms with E-state index in [0.717, 1.165) is 0 Å². The van der Waals surface area contributed by atoms with Gasteiger partial charge in [-0.2, -0.15) is 4.89 Å². The van der Waals surface area contributed by atoms with Crippen molar-refractivity contribution in [3.8, 4) is 0 Å². The van der Waals surface area contributed by atoms with Crippen LogP contribution in [0.25, 0.3) is 0 Å². The highest BCUT2D eigenvalue weighted by Crippen LogP contribution is 2.06. The van der Waals surface area contributed by atoms with Gasteiger partial charge in [0.25, 0.3) is 0 Å². The zero-order valence-electron chi connectivity index (χ0n) is 8.46. The van der Waals surface area contributed by atoms with Gasteiger partial charge in [0.05, 0.1) is 12.2 Å². The number of carbonyl (C=O) groups excluding carboxylic acids is 1. The fourth-order valence-electron chi connectivity index (χ4n) is 0.403. The highest BCUT2D eigenvalue weighted by molar-refractivity contribution is 5.69. The summed E-state index contributed by atoms with van der Waals surface area (Å²) in [6, 6.07) is 0. The summed E-state index contributed by atoms with van der Waals surface area (Å²) >= 11 is 0. The van der Waals surface area contributed by atoms with Crippen LogP contribution in [0.1, 0.15) is 27.7 Å². The van der Waals surface area contributed by atoms with Gasteiger partial charge in [-0.15, -0.1) is 0 Å². The average molecular weight is 192 g/mol. The first-order chi connectivity index (χ1) is 5.95. The third kappa shape index (κ3) is 9.26. The molecule has 0 atom stereocenters. The smallest absolute Gasteiger partial charge is 0.296 e. The summed E-state index contributed by atoms with van der Waals surface area (Å²) in [5.41, 5.74) is -0.439. The summed E-state index contributed by atoms with van der Waals surface area (Å²) in [5.74, 6) is -0.619. The van der Waals surface area contributed by atoms with Crippen LogP contribution in [0.3, 0.4) is 0 Å². The second kappa shape index (κ2) is 5.90. The van der Waals surface area contributed by atoms with Crippen molar-refractivity contribution in [1.82, 2.24) is 0 Å². The Balaban J connectivity index is 3.37. The first kappa shape index (κ1) is 12.3. The lowest BCUT2D eigenvalue weighted by Gasteiger charge is -2.16. The minimum Gasteiger partial charge on any atom is -0.296 e. The van der Waals surface area contributed by atoms with Gasteiger partial charge in [0.2, 0.25) is 0 Å². The summed E-state index contributed by atoms with van der Waals surface area (Å²) in [4.78, 5) is 28.8. The van der Waals surface area contributed by atoms with Crippen molar-refractivity contribution in [3.05, 3.63) is 0 Å². The van der Waals surface area contributed by atoms with Gasteiger partial charge in [-0.3, -0.25) is 4.89 Å². The molecule has 0 N–H and O–H groups in total. The summed E-state index contributed by atoms with van der Waals surface area (Å²) < 4.78 is 0. The molecule has 5 nitrogen and oxygen atoms in total. The normalized spacial score (nSPS) is 11.4. The molecule has 0 bridgehead atoms. The molecule has 5 heteroatoms. The molecule has 0 saturated carbocycles. The van der Waals surface area contributed by atoms with Gasteiger partial charge in [0, 0.05) is 0 Å². The van der Waals surface area contributed by atoms with Crippen LogP contribution in [-0.4, -0.2) is 24.8 Å². The Bertz CT molecular complexity index is 149. The fourth-order valence-corrected chi connectivity index (χ4v) is 0.403. The Hall–Kier alpha value is -0.650. The minimum atomic E-state index is -0.619. The van der Waals surface area contributed by atoms with Crippen molar-refractivity contribution in [2.24, 2.45) is 0 Å². The molecule has 0 saturated heterocycles. The molecule has 0 heterocycles. The van der Waals surface area contributed by atoms with Gasteiger partial charge < -0.3 is 0 Å². The number of rotatable bonds is 5. The standard InChI is InChI=1S/C8H16O5/c1-5-10-12-7(9)6-11-13-8(2,3)4/h5-6H2,1-4H3. The molecule has 0 aliphatic rings. The Kier molecular flexibility index (Phi) is 5.61. The van der Waals surface area contributed by atoms with Crippen LogP contribution in [0.15, 0.2) is 0 Å². The molecule has 0 aromatic rings. The van der Waals surface area contributed by atoms with E-state index in [-0.39, 0.29) is 6.61 Å². The zero-order chi connectivity index (χ0) is 10.3. The van der Waals surface area contributed by atoms with Crippen LogP contribution < -0.4 is 0 Å². The highest BCUT2D eigenvalue weighted by Gasteiger charge is 2.13. The topological polar surface area (TPSA) is 54.0 Å². The SMILES string of the molecule is CCOOC(=O)COOC(C)(C)C. The molecule has 13 heavy (non-hydrogen) atoms. The molecule has 0 amide bonds. The van der Waals surface area contributed by atoms with Crippen LogP contribution in [0.5, 0.6) is 0 Å². The Morgan fingerprint density at radius 2 is 1.85 bits per heavy atom. The molecule has 0 fully saturated rings. The van der Waals surface area contributed by atoms with E-state index in [9.17, 15) is 4.79 Å². The summed E-state index contributed by atoms with van der Waals surface area (Å²) in [7, 11) is 0. The molecule has 0 aromatic carbocycles. The molecule has 0 radical (unpaired) electrons. The van der Waals surface area contributed by atoms with E-state index in [0.29, 0.717) is 6.61 Å². The van der Waals surface area contributed by atoms with E-state index < -0.39 is 11.6 Å². The first-order valence-corrected chi connectivity index (χ1v) is 4.08. The fraction of sp³-hybridized carbons (Fsp3) is 0.875. The van der Waals surface area contributed by atoms with Crippen LogP contribution in [0.2, 0.25) is 0 Å². The van der Waals surface area contributed by atoms with Gasteiger partial charge in [-0.25, -0.2) is 14.6 Å². The second-order valence-corrected chi connectivity index (χ2v) is 3.32. The monoisotopic (exact) mass is 192 g/mol. The van der Waals surface area contributed by atoms with E-state index in [4.69, 9.17) is 4.89 Å². The molecular weight excluding hydrogens is 176 g/mol. The summed E-state index contributed by atoms with van der Waals surface area (Å²) in [6.07, 6.45) is 0. The maximum atomic E-state index is 10.7. The lowest BCUT2D eigenvalue weighted by molar-refractivity contribution is -0.353. The van der Waals surface area contributed by atoms with Gasteiger partial charge >= 0.3 is 5.97 Å². The highest BCUT2D eigenvalue weighted by atomic mass is 17.2. The lowest BCUT2D eigenvalue weighted by Crippen LogP contribution is -2.22. The molecule has 0 aromatic heterocycles. The largest absolute Gasteiger partial charge is 0.371 e. The van der Waals surface area contributed by atoms with Crippen LogP contribution in [-0.2, 0) is 24.3 Å². The Morgan fingerprint density at radius 3 is 2.31 bits per heavy atom. The van der Waals surface area contributed by atoms with E-state index in [1.807, 2.05) is 0 Å². The summed E-state index contributed by atoms with van der Waals surface area (Å²) in [6.45, 7) is 7.16. The number of hydrogen-bond acceptors (Lipinski definition) is 5. The van der Waals surface area contributed by atoms with Crippen molar-refractivity contribution >= 4 is 5.97 Å². The molecule has 78 valence electrons. The van der Waals surface area contributed by atoms with Gasteiger partial charge in [-0.05, 0) is 27.7 Å². The van der Waals surface area contributed by atoms with Crippen molar-refractivity contribution in [2.45, 2.75) is 33.3 Å². The lowest BCUT2D eigenvalue weighted by atomic mass is 10.2. The second-order valence-electron chi connectivity index (χ2n) is 3.32. The average Bonchev–Trinajstić information content (AvgIpc) is 1.98. The van der Waals surface area contributed by atoms with E-state index in [1.165, 1.54) is 0 Å². The Labute approximate surface area is 77.8 Å². The van der Waals surface area contributed by atoms with Gasteiger partial charge in [0.1, 0.15) is 0 Å². The van der Waals surface area contributed by atoms with Crippen LogP contribution in [0, 0.1) is 0 Å². The maximum absolute atomic E-state index is 10.7. The van der Waals surface area contributed by atoms with Gasteiger partial charge in [-0.1, -0.05) is 0 Å². The minimum absolute atomic E-state index is 0.280. The predicted octanol–water partition coefficient (Wildman–Crippen LogP) is 1.23. The zero-order valence-corrected chi connectivity index (χ0v) is 8.46. The van der Waals surface area contributed by atoms with Gasteiger partial charge in [0.15, 0.2) is 6.61 Å². The van der Waals surface area contributed by atoms with E-state index >= 15 is 0 Å². The van der Waals surface area contributed by atoms with Crippen molar-refractivity contribution < 1.29 is 24.3 Å². The van der Waals surface area contributed by atoms with E-state index in [2.05, 4.69) is 14.7 Å². The van der Waals surface area contributed by atoms with Crippen LogP contribution >= 0.6 is 0 Å². The third-order valence-corrected chi connectivity index (χ3v) is 0.755. The third-order valence-electron chi connectivity index (χ3n) is 0.755. The Morgan fingerprint density at radius 1 is 1.23 bits per heavy atom. The molecule has 0 aliphatic carbocycles. The quantitative estimate of drug-likeness (QED) is 0.484. The molecule has 0 rings (SSSR count). The summed E-state index contributed by atoms with van der Waals surface area (Å²) in [5, 5.41) is 0. The molecule has 0 aliphatic heterocycles. The van der Waals surface area contributed by atoms with E-state index in [1.54, 1.807) is 27.7 Å². The van der Waals surface area contributed by atoms with Crippen molar-refractivity contribution in [3.63, 3.8) is 0 Å². The maximum Gasteiger partial charge on any atom is 0.371 e. The predicted molar refractivity (Wildman–Crippen MR) is 44.5 cm³/mol.